The van der Waals surface area contributed by atoms with Crippen LogP contribution < -0.4 is 26.1 Å². The molecule has 0 radical (unpaired) electrons. The third kappa shape index (κ3) is 6.67. The first-order chi connectivity index (χ1) is 15.9. The van der Waals surface area contributed by atoms with Gasteiger partial charge in [-0.3, -0.25) is 14.6 Å². The van der Waals surface area contributed by atoms with E-state index in [-0.39, 0.29) is 18.7 Å². The zero-order chi connectivity index (χ0) is 23.8. The lowest BCUT2D eigenvalue weighted by molar-refractivity contribution is -0.121. The molecule has 0 atom stereocenters. The monoisotopic (exact) mass is 450 g/mol. The quantitative estimate of drug-likeness (QED) is 0.341. The summed E-state index contributed by atoms with van der Waals surface area (Å²) in [7, 11) is 1.57. The van der Waals surface area contributed by atoms with Gasteiger partial charge in [0, 0.05) is 17.7 Å². The van der Waals surface area contributed by atoms with Gasteiger partial charge in [-0.05, 0) is 49.6 Å². The van der Waals surface area contributed by atoms with Crippen molar-refractivity contribution in [1.82, 2.24) is 15.4 Å². The molecule has 1 aromatic heterocycles. The number of ether oxygens (including phenoxy) is 2. The highest BCUT2D eigenvalue weighted by atomic mass is 16.5. The summed E-state index contributed by atoms with van der Waals surface area (Å²) < 4.78 is 11.3. The van der Waals surface area contributed by atoms with Gasteiger partial charge in [0.1, 0.15) is 6.61 Å². The van der Waals surface area contributed by atoms with E-state index in [4.69, 9.17) is 9.47 Å². The minimum absolute atomic E-state index is 0.0425. The van der Waals surface area contributed by atoms with Gasteiger partial charge in [0.05, 0.1) is 13.3 Å². The molecule has 9 heteroatoms. The second-order valence-corrected chi connectivity index (χ2v) is 7.49. The van der Waals surface area contributed by atoms with Crippen molar-refractivity contribution in [2.45, 2.75) is 33.3 Å². The van der Waals surface area contributed by atoms with Crippen LogP contribution in [-0.2, 0) is 17.8 Å². The Morgan fingerprint density at radius 1 is 1.06 bits per heavy atom. The van der Waals surface area contributed by atoms with Crippen LogP contribution in [0.5, 0.6) is 11.5 Å². The van der Waals surface area contributed by atoms with Crippen LogP contribution >= 0.6 is 0 Å². The van der Waals surface area contributed by atoms with Gasteiger partial charge in [-0.1, -0.05) is 29.8 Å². The van der Waals surface area contributed by atoms with Gasteiger partial charge in [-0.2, -0.15) is 5.10 Å². The molecule has 0 spiro atoms. The molecule has 3 aromatic rings. The largest absolute Gasteiger partial charge is 0.493 e. The Morgan fingerprint density at radius 3 is 2.52 bits per heavy atom. The Bertz CT molecular complexity index is 1260. The van der Waals surface area contributed by atoms with Crippen molar-refractivity contribution in [2.24, 2.45) is 5.10 Å². The number of amides is 1. The summed E-state index contributed by atoms with van der Waals surface area (Å²) in [5.41, 5.74) is 5.09. The fraction of sp³-hybridized carbons (Fsp3) is 0.250. The van der Waals surface area contributed by atoms with E-state index in [0.717, 1.165) is 5.56 Å². The number of aromatic nitrogens is 2. The van der Waals surface area contributed by atoms with E-state index in [1.165, 1.54) is 11.8 Å². The fourth-order valence-electron chi connectivity index (χ4n) is 3.13. The molecule has 9 nitrogen and oxygen atoms in total. The van der Waals surface area contributed by atoms with E-state index in [0.29, 0.717) is 34.9 Å². The molecule has 0 unspecified atom stereocenters. The van der Waals surface area contributed by atoms with Crippen LogP contribution in [0.4, 0.5) is 0 Å². The summed E-state index contributed by atoms with van der Waals surface area (Å²) in [6, 6.07) is 13.4. The zero-order valence-corrected chi connectivity index (χ0v) is 18.7. The predicted molar refractivity (Wildman–Crippen MR) is 125 cm³/mol. The third-order valence-electron chi connectivity index (χ3n) is 4.96. The maximum absolute atomic E-state index is 12.1. The number of nitrogens with one attached hydrogen (secondary N) is 3. The zero-order valence-electron chi connectivity index (χ0n) is 18.7. The number of carbonyl (C=O) groups is 1. The Hall–Kier alpha value is -4.14. The van der Waals surface area contributed by atoms with E-state index in [1.807, 2.05) is 31.2 Å². The van der Waals surface area contributed by atoms with E-state index < -0.39 is 11.2 Å². The molecule has 2 aromatic carbocycles. The fourth-order valence-corrected chi connectivity index (χ4v) is 3.13. The first-order valence-corrected chi connectivity index (χ1v) is 10.4. The van der Waals surface area contributed by atoms with Gasteiger partial charge in [0.25, 0.3) is 5.56 Å². The summed E-state index contributed by atoms with van der Waals surface area (Å²) in [6.45, 7) is 4.03. The Balaban J connectivity index is 1.58. The molecule has 172 valence electrons. The summed E-state index contributed by atoms with van der Waals surface area (Å²) in [5, 5.41) is 3.97. The van der Waals surface area contributed by atoms with Crippen molar-refractivity contribution >= 4 is 12.1 Å². The van der Waals surface area contributed by atoms with Gasteiger partial charge < -0.3 is 14.5 Å². The number of nitrogens with zero attached hydrogens (tertiary/aromatic N) is 1. The average Bonchev–Trinajstić information content (AvgIpc) is 2.78. The normalized spacial score (nSPS) is 10.9. The number of aryl methyl sites for hydroxylation is 2. The smallest absolute Gasteiger partial charge is 0.325 e. The Labute approximate surface area is 190 Å². The number of methoxy groups -OCH3 is 1. The van der Waals surface area contributed by atoms with Gasteiger partial charge in [-0.15, -0.1) is 0 Å². The number of hydrazone groups is 1. The second-order valence-electron chi connectivity index (χ2n) is 7.49. The van der Waals surface area contributed by atoms with E-state index >= 15 is 0 Å². The lowest BCUT2D eigenvalue weighted by Gasteiger charge is -2.11. The molecule has 0 aliphatic rings. The number of hydrogen-bond acceptors (Lipinski definition) is 6. The number of hydrogen-bond donors (Lipinski definition) is 3. The minimum Gasteiger partial charge on any atom is -0.493 e. The molecule has 0 aliphatic carbocycles. The summed E-state index contributed by atoms with van der Waals surface area (Å²) >= 11 is 0. The van der Waals surface area contributed by atoms with Crippen LogP contribution in [0.3, 0.4) is 0 Å². The predicted octanol–water partition coefficient (Wildman–Crippen LogP) is 2.35. The molecular formula is C24H26N4O5. The highest BCUT2D eigenvalue weighted by Crippen LogP contribution is 2.28. The maximum atomic E-state index is 12.1. The van der Waals surface area contributed by atoms with Crippen LogP contribution in [0.1, 0.15) is 34.4 Å². The van der Waals surface area contributed by atoms with Crippen molar-refractivity contribution in [3.05, 3.63) is 91.3 Å². The molecule has 0 fully saturated rings. The number of aromatic amines is 2. The van der Waals surface area contributed by atoms with Crippen LogP contribution in [-0.4, -0.2) is 29.2 Å². The molecule has 0 aliphatic heterocycles. The second kappa shape index (κ2) is 10.9. The van der Waals surface area contributed by atoms with Gasteiger partial charge in [0.15, 0.2) is 11.5 Å². The van der Waals surface area contributed by atoms with Crippen LogP contribution in [0.2, 0.25) is 0 Å². The van der Waals surface area contributed by atoms with Crippen molar-refractivity contribution in [3.63, 3.8) is 0 Å². The first-order valence-electron chi connectivity index (χ1n) is 10.4. The molecule has 3 rings (SSSR count). The van der Waals surface area contributed by atoms with E-state index in [2.05, 4.69) is 20.5 Å². The first kappa shape index (κ1) is 23.5. The topological polar surface area (TPSA) is 126 Å². The van der Waals surface area contributed by atoms with E-state index in [9.17, 15) is 14.4 Å². The highest BCUT2D eigenvalue weighted by molar-refractivity contribution is 5.83. The van der Waals surface area contributed by atoms with Gasteiger partial charge in [-0.25, -0.2) is 10.2 Å². The van der Waals surface area contributed by atoms with Crippen molar-refractivity contribution in [1.29, 1.82) is 0 Å². The van der Waals surface area contributed by atoms with Crippen LogP contribution in [0.15, 0.2) is 57.2 Å². The average molecular weight is 450 g/mol. The Morgan fingerprint density at radius 2 is 1.82 bits per heavy atom. The van der Waals surface area contributed by atoms with Crippen molar-refractivity contribution in [3.8, 4) is 11.5 Å². The molecule has 1 heterocycles. The van der Waals surface area contributed by atoms with Crippen LogP contribution in [0.25, 0.3) is 0 Å². The van der Waals surface area contributed by atoms with Crippen LogP contribution in [0, 0.1) is 13.8 Å². The minimum atomic E-state index is -0.572. The SMILES string of the molecule is COc1ccc(/C=N/NC(=O)CCc2c(C)[nH]c(=O)[nH]c2=O)cc1OCc1ccc(C)cc1. The summed E-state index contributed by atoms with van der Waals surface area (Å²) in [5.74, 6) is 0.784. The maximum Gasteiger partial charge on any atom is 0.325 e. The highest BCUT2D eigenvalue weighted by Gasteiger charge is 2.09. The number of benzene rings is 2. The molecule has 0 saturated carbocycles. The lowest BCUT2D eigenvalue weighted by Crippen LogP contribution is -2.28. The number of carbonyl (C=O) groups excluding carboxylic acids is 1. The number of H-pyrrole nitrogens is 2. The third-order valence-corrected chi connectivity index (χ3v) is 4.96. The lowest BCUT2D eigenvalue weighted by atomic mass is 10.1. The summed E-state index contributed by atoms with van der Waals surface area (Å²) in [4.78, 5) is 39.9. The van der Waals surface area contributed by atoms with Crippen molar-refractivity contribution < 1.29 is 14.3 Å². The van der Waals surface area contributed by atoms with Gasteiger partial charge >= 0.3 is 5.69 Å². The van der Waals surface area contributed by atoms with E-state index in [1.54, 1.807) is 32.2 Å². The molecular weight excluding hydrogens is 424 g/mol. The van der Waals surface area contributed by atoms with Crippen molar-refractivity contribution in [2.75, 3.05) is 7.11 Å². The molecule has 1 amide bonds. The standard InChI is InChI=1S/C24H26N4O5/c1-15-4-6-17(7-5-15)14-33-21-12-18(8-10-20(21)32-3)13-25-28-22(29)11-9-19-16(2)26-24(31)27-23(19)30/h4-8,10,12-13H,9,11,14H2,1-3H3,(H,28,29)(H2,26,27,30,31)/b25-13+. The Kier molecular flexibility index (Phi) is 7.80. The summed E-state index contributed by atoms with van der Waals surface area (Å²) in [6.07, 6.45) is 1.72. The molecule has 33 heavy (non-hydrogen) atoms. The molecule has 0 bridgehead atoms. The number of rotatable bonds is 9. The van der Waals surface area contributed by atoms with Gasteiger partial charge in [0.2, 0.25) is 5.91 Å². The molecule has 3 N–H and O–H groups in total. The molecule has 0 saturated heterocycles.